The Morgan fingerprint density at radius 3 is 2.17 bits per heavy atom. The number of allylic oxidation sites excluding steroid dienone is 2. The van der Waals surface area contributed by atoms with Gasteiger partial charge >= 0.3 is 12.4 Å². The summed E-state index contributed by atoms with van der Waals surface area (Å²) in [6.45, 7) is 1.64. The number of rotatable bonds is 2. The van der Waals surface area contributed by atoms with Crippen molar-refractivity contribution < 1.29 is 26.3 Å². The molecular weight excluding hydrogens is 278 g/mol. The summed E-state index contributed by atoms with van der Waals surface area (Å²) in [5, 5.41) is 0. The Morgan fingerprint density at radius 2 is 1.72 bits per heavy atom. The van der Waals surface area contributed by atoms with Crippen LogP contribution in [0.25, 0.3) is 0 Å². The molecule has 0 heterocycles. The average molecular weight is 286 g/mol. The number of alkyl halides is 6. The van der Waals surface area contributed by atoms with Gasteiger partial charge in [-0.25, -0.2) is 0 Å². The molecule has 0 spiro atoms. The number of aryl methyl sites for hydroxylation is 1. The number of thioether (sulfide) groups is 1. The molecule has 0 radical (unpaired) electrons. The summed E-state index contributed by atoms with van der Waals surface area (Å²) in [6.07, 6.45) is -10.7. The molecule has 0 saturated carbocycles. The third-order valence-corrected chi connectivity index (χ3v) is 2.85. The van der Waals surface area contributed by atoms with Crippen molar-refractivity contribution in [2.75, 3.05) is 0 Å². The highest BCUT2D eigenvalue weighted by Gasteiger charge is 2.39. The Balaban J connectivity index is 3.04. The van der Waals surface area contributed by atoms with Crippen LogP contribution in [0.15, 0.2) is 40.1 Å². The monoisotopic (exact) mass is 286 g/mol. The summed E-state index contributed by atoms with van der Waals surface area (Å²) in [6, 6.07) is 5.85. The zero-order valence-electron chi connectivity index (χ0n) is 9.06. The topological polar surface area (TPSA) is 0 Å². The fourth-order valence-electron chi connectivity index (χ4n) is 1.12. The van der Waals surface area contributed by atoms with Crippen molar-refractivity contribution >= 4 is 11.8 Å². The summed E-state index contributed by atoms with van der Waals surface area (Å²) in [5.74, 6) is 0. The van der Waals surface area contributed by atoms with Crippen LogP contribution in [0.4, 0.5) is 26.3 Å². The van der Waals surface area contributed by atoms with Gasteiger partial charge in [0.15, 0.2) is 0 Å². The molecule has 18 heavy (non-hydrogen) atoms. The molecule has 0 aromatic heterocycles. The second kappa shape index (κ2) is 5.26. The van der Waals surface area contributed by atoms with Crippen molar-refractivity contribution in [3.8, 4) is 0 Å². The largest absolute Gasteiger partial charge is 0.422 e. The van der Waals surface area contributed by atoms with Gasteiger partial charge in [0.25, 0.3) is 0 Å². The lowest BCUT2D eigenvalue weighted by atomic mass is 10.2. The summed E-state index contributed by atoms with van der Waals surface area (Å²) in [5.41, 5.74) is 0.675. The lowest BCUT2D eigenvalue weighted by molar-refractivity contribution is -0.101. The van der Waals surface area contributed by atoms with Crippen LogP contribution >= 0.6 is 11.8 Å². The van der Waals surface area contributed by atoms with E-state index in [1.54, 1.807) is 13.0 Å². The maximum Gasteiger partial charge on any atom is 0.422 e. The molecule has 0 fully saturated rings. The van der Waals surface area contributed by atoms with Crippen LogP contribution in [-0.2, 0) is 0 Å². The first kappa shape index (κ1) is 14.9. The fraction of sp³-hybridized carbons (Fsp3) is 0.273. The molecule has 0 aliphatic heterocycles. The van der Waals surface area contributed by atoms with Crippen LogP contribution in [-0.4, -0.2) is 12.4 Å². The molecular formula is C11H8F6S. The van der Waals surface area contributed by atoms with Crippen LogP contribution in [0, 0.1) is 6.92 Å². The Morgan fingerprint density at radius 1 is 1.11 bits per heavy atom. The van der Waals surface area contributed by atoms with E-state index < -0.39 is 23.3 Å². The zero-order chi connectivity index (χ0) is 14.0. The van der Waals surface area contributed by atoms with Gasteiger partial charge in [-0.3, -0.25) is 0 Å². The third kappa shape index (κ3) is 5.03. The van der Waals surface area contributed by atoms with Crippen molar-refractivity contribution in [2.24, 2.45) is 0 Å². The van der Waals surface area contributed by atoms with Crippen molar-refractivity contribution in [1.29, 1.82) is 0 Å². The molecule has 100 valence electrons. The molecule has 1 aromatic rings. The number of hydrogen-bond donors (Lipinski definition) is 0. The average Bonchev–Trinajstić information content (AvgIpc) is 2.13. The summed E-state index contributed by atoms with van der Waals surface area (Å²) in [7, 11) is 0. The SMILES string of the molecule is Cc1cccc(S/C(=C\C(F)(F)F)C(F)(F)F)c1. The second-order valence-corrected chi connectivity index (χ2v) is 4.58. The van der Waals surface area contributed by atoms with Gasteiger partial charge in [-0.2, -0.15) is 26.3 Å². The molecule has 0 amide bonds. The van der Waals surface area contributed by atoms with Crippen LogP contribution in [0.1, 0.15) is 5.56 Å². The van der Waals surface area contributed by atoms with E-state index in [1.807, 2.05) is 0 Å². The normalized spacial score (nSPS) is 13.8. The van der Waals surface area contributed by atoms with Gasteiger partial charge in [-0.15, -0.1) is 0 Å². The minimum Gasteiger partial charge on any atom is -0.167 e. The first-order valence-electron chi connectivity index (χ1n) is 4.69. The Kier molecular flexibility index (Phi) is 4.37. The third-order valence-electron chi connectivity index (χ3n) is 1.79. The van der Waals surface area contributed by atoms with Gasteiger partial charge in [0.1, 0.15) is 0 Å². The summed E-state index contributed by atoms with van der Waals surface area (Å²) < 4.78 is 73.4. The molecule has 0 nitrogen and oxygen atoms in total. The summed E-state index contributed by atoms with van der Waals surface area (Å²) >= 11 is 0.0528. The highest BCUT2D eigenvalue weighted by molar-refractivity contribution is 8.03. The first-order chi connectivity index (χ1) is 8.08. The minimum absolute atomic E-state index is 0.0528. The molecule has 0 unspecified atom stereocenters. The number of hydrogen-bond acceptors (Lipinski definition) is 1. The molecule has 0 saturated heterocycles. The van der Waals surface area contributed by atoms with Crippen LogP contribution in [0.5, 0.6) is 0 Å². The van der Waals surface area contributed by atoms with Crippen LogP contribution in [0.3, 0.4) is 0 Å². The maximum atomic E-state index is 12.4. The van der Waals surface area contributed by atoms with Crippen molar-refractivity contribution in [3.05, 3.63) is 40.8 Å². The zero-order valence-corrected chi connectivity index (χ0v) is 9.88. The Labute approximate surface area is 104 Å². The fourth-order valence-corrected chi connectivity index (χ4v) is 2.08. The van der Waals surface area contributed by atoms with Crippen LogP contribution in [0.2, 0.25) is 0 Å². The van der Waals surface area contributed by atoms with Gasteiger partial charge < -0.3 is 0 Å². The van der Waals surface area contributed by atoms with Crippen LogP contribution < -0.4 is 0 Å². The molecule has 0 aliphatic rings. The van der Waals surface area contributed by atoms with E-state index in [1.165, 1.54) is 18.2 Å². The van der Waals surface area contributed by atoms with E-state index in [0.717, 1.165) is 0 Å². The molecule has 1 rings (SSSR count). The lowest BCUT2D eigenvalue weighted by Gasteiger charge is -2.12. The second-order valence-electron chi connectivity index (χ2n) is 3.47. The molecule has 0 bridgehead atoms. The van der Waals surface area contributed by atoms with Crippen molar-refractivity contribution in [1.82, 2.24) is 0 Å². The van der Waals surface area contributed by atoms with E-state index >= 15 is 0 Å². The van der Waals surface area contributed by atoms with Crippen molar-refractivity contribution in [3.63, 3.8) is 0 Å². The van der Waals surface area contributed by atoms with E-state index in [4.69, 9.17) is 0 Å². The van der Waals surface area contributed by atoms with E-state index in [0.29, 0.717) is 5.56 Å². The Bertz CT molecular complexity index is 444. The first-order valence-corrected chi connectivity index (χ1v) is 5.51. The van der Waals surface area contributed by atoms with E-state index in [9.17, 15) is 26.3 Å². The van der Waals surface area contributed by atoms with Gasteiger partial charge in [-0.1, -0.05) is 29.5 Å². The molecule has 0 aliphatic carbocycles. The maximum absolute atomic E-state index is 12.4. The highest BCUT2D eigenvalue weighted by Crippen LogP contribution is 2.41. The smallest absolute Gasteiger partial charge is 0.167 e. The molecule has 1 aromatic carbocycles. The van der Waals surface area contributed by atoms with Gasteiger partial charge in [-0.05, 0) is 19.1 Å². The number of benzene rings is 1. The lowest BCUT2D eigenvalue weighted by Crippen LogP contribution is -2.14. The summed E-state index contributed by atoms with van der Waals surface area (Å²) in [4.78, 5) is -1.57. The Hall–Kier alpha value is -1.11. The quantitative estimate of drug-likeness (QED) is 0.538. The molecule has 0 N–H and O–H groups in total. The van der Waals surface area contributed by atoms with Gasteiger partial charge in [0.2, 0.25) is 0 Å². The van der Waals surface area contributed by atoms with E-state index in [2.05, 4.69) is 0 Å². The highest BCUT2D eigenvalue weighted by atomic mass is 32.2. The molecule has 7 heteroatoms. The number of halogens is 6. The van der Waals surface area contributed by atoms with Gasteiger partial charge in [0.05, 0.1) is 4.91 Å². The standard InChI is InChI=1S/C11H8F6S/c1-7-3-2-4-8(5-7)18-9(11(15,16)17)6-10(12,13)14/h2-6H,1H3/b9-6-. The predicted molar refractivity (Wildman–Crippen MR) is 57.2 cm³/mol. The predicted octanol–water partition coefficient (Wildman–Crippen LogP) is 5.10. The van der Waals surface area contributed by atoms with Gasteiger partial charge in [0, 0.05) is 11.0 Å². The van der Waals surface area contributed by atoms with E-state index in [-0.39, 0.29) is 16.7 Å². The van der Waals surface area contributed by atoms with Crippen molar-refractivity contribution in [2.45, 2.75) is 24.2 Å². The minimum atomic E-state index is -5.02. The molecule has 0 atom stereocenters.